The summed E-state index contributed by atoms with van der Waals surface area (Å²) in [6.45, 7) is 1.39. The van der Waals surface area contributed by atoms with Crippen LogP contribution >= 0.6 is 0 Å². The van der Waals surface area contributed by atoms with Gasteiger partial charge in [0.1, 0.15) is 17.4 Å². The van der Waals surface area contributed by atoms with E-state index in [1.807, 2.05) is 4.98 Å². The number of alkyl halides is 6. The third kappa shape index (κ3) is 4.52. The first-order valence-corrected chi connectivity index (χ1v) is 7.75. The van der Waals surface area contributed by atoms with E-state index in [1.54, 1.807) is 0 Å². The summed E-state index contributed by atoms with van der Waals surface area (Å²) in [4.78, 5) is 24.0. The minimum Gasteiger partial charge on any atom is -0.339 e. The summed E-state index contributed by atoms with van der Waals surface area (Å²) in [5.74, 6) is -2.62. The van der Waals surface area contributed by atoms with Crippen molar-refractivity contribution in [3.8, 4) is 11.4 Å². The number of hydrogen-bond donors (Lipinski definition) is 2. The number of nitrogens with one attached hydrogen (secondary N) is 2. The van der Waals surface area contributed by atoms with Gasteiger partial charge >= 0.3 is 12.4 Å². The fourth-order valence-corrected chi connectivity index (χ4v) is 2.17. The van der Waals surface area contributed by atoms with Crippen molar-refractivity contribution in [3.63, 3.8) is 0 Å². The second kappa shape index (κ2) is 7.18. The standard InChI is InChI=1S/C15H10F6N6O2/c1-6(24-11(28)8-5-23-13(25-8)15(19,20)21)12-26-10(27-29-12)7-2-3-22-9(4-7)14(16,17)18/h2-6H,1H3,(H,23,25)(H,24,28)/t6-/m0/s1. The van der Waals surface area contributed by atoms with Crippen molar-refractivity contribution in [1.82, 2.24) is 30.4 Å². The molecule has 0 aromatic carbocycles. The topological polar surface area (TPSA) is 110 Å². The molecule has 3 rings (SSSR count). The van der Waals surface area contributed by atoms with E-state index in [-0.39, 0.29) is 17.3 Å². The second-order valence-electron chi connectivity index (χ2n) is 5.72. The normalized spacial score (nSPS) is 13.3. The van der Waals surface area contributed by atoms with Crippen molar-refractivity contribution in [2.24, 2.45) is 0 Å². The van der Waals surface area contributed by atoms with Gasteiger partial charge in [-0.25, -0.2) is 4.98 Å². The maximum atomic E-state index is 12.7. The highest BCUT2D eigenvalue weighted by atomic mass is 19.4. The molecule has 3 aromatic rings. The van der Waals surface area contributed by atoms with Gasteiger partial charge in [-0.15, -0.1) is 0 Å². The summed E-state index contributed by atoms with van der Waals surface area (Å²) >= 11 is 0. The summed E-state index contributed by atoms with van der Waals surface area (Å²) in [6.07, 6.45) is -7.77. The Morgan fingerprint density at radius 3 is 2.52 bits per heavy atom. The lowest BCUT2D eigenvalue weighted by Crippen LogP contribution is -2.27. The largest absolute Gasteiger partial charge is 0.449 e. The third-order valence-electron chi connectivity index (χ3n) is 3.56. The molecule has 8 nitrogen and oxygen atoms in total. The van der Waals surface area contributed by atoms with Crippen LogP contribution in [0.5, 0.6) is 0 Å². The first-order valence-electron chi connectivity index (χ1n) is 7.75. The molecule has 3 heterocycles. The van der Waals surface area contributed by atoms with Crippen LogP contribution in [0.1, 0.15) is 40.9 Å². The van der Waals surface area contributed by atoms with E-state index in [4.69, 9.17) is 4.52 Å². The molecule has 2 N–H and O–H groups in total. The number of halogens is 6. The Balaban J connectivity index is 1.73. The van der Waals surface area contributed by atoms with E-state index >= 15 is 0 Å². The number of pyridine rings is 1. The number of rotatable bonds is 4. The van der Waals surface area contributed by atoms with Crippen LogP contribution in [0.15, 0.2) is 29.0 Å². The van der Waals surface area contributed by atoms with Crippen molar-refractivity contribution in [3.05, 3.63) is 47.6 Å². The molecule has 1 amide bonds. The highest BCUT2D eigenvalue weighted by Gasteiger charge is 2.35. The zero-order chi connectivity index (χ0) is 21.4. The molecule has 154 valence electrons. The number of amides is 1. The molecule has 0 fully saturated rings. The summed E-state index contributed by atoms with van der Waals surface area (Å²) in [5, 5.41) is 5.86. The van der Waals surface area contributed by atoms with Crippen LogP contribution in [0.3, 0.4) is 0 Å². The highest BCUT2D eigenvalue weighted by molar-refractivity contribution is 5.92. The second-order valence-corrected chi connectivity index (χ2v) is 5.72. The van der Waals surface area contributed by atoms with E-state index in [1.165, 1.54) is 13.0 Å². The molecule has 0 aliphatic carbocycles. The zero-order valence-electron chi connectivity index (χ0n) is 14.3. The smallest absolute Gasteiger partial charge is 0.339 e. The molecular weight excluding hydrogens is 410 g/mol. The van der Waals surface area contributed by atoms with E-state index in [2.05, 4.69) is 25.4 Å². The van der Waals surface area contributed by atoms with Gasteiger partial charge in [-0.2, -0.15) is 31.3 Å². The summed E-state index contributed by atoms with van der Waals surface area (Å²) < 4.78 is 80.7. The van der Waals surface area contributed by atoms with E-state index in [0.29, 0.717) is 6.20 Å². The molecule has 0 saturated heterocycles. The van der Waals surface area contributed by atoms with Gasteiger partial charge in [0.05, 0.1) is 6.20 Å². The Kier molecular flexibility index (Phi) is 5.02. The first-order chi connectivity index (χ1) is 13.4. The van der Waals surface area contributed by atoms with Crippen LogP contribution in [0.25, 0.3) is 11.4 Å². The number of carbonyl (C=O) groups excluding carboxylic acids is 1. The maximum Gasteiger partial charge on any atom is 0.449 e. The van der Waals surface area contributed by atoms with Crippen molar-refractivity contribution < 1.29 is 35.7 Å². The number of hydrogen-bond acceptors (Lipinski definition) is 6. The summed E-state index contributed by atoms with van der Waals surface area (Å²) in [7, 11) is 0. The van der Waals surface area contributed by atoms with Crippen molar-refractivity contribution >= 4 is 5.91 Å². The predicted octanol–water partition coefficient (Wildman–Crippen LogP) is 3.38. The molecule has 0 spiro atoms. The van der Waals surface area contributed by atoms with Gasteiger partial charge in [-0.1, -0.05) is 5.16 Å². The lowest BCUT2D eigenvalue weighted by atomic mass is 10.2. The Bertz CT molecular complexity index is 1020. The van der Waals surface area contributed by atoms with Gasteiger partial charge in [0.25, 0.3) is 5.91 Å². The molecule has 14 heteroatoms. The number of imidazole rings is 1. The van der Waals surface area contributed by atoms with Gasteiger partial charge in [0.15, 0.2) is 0 Å². The molecular formula is C15H10F6N6O2. The van der Waals surface area contributed by atoms with E-state index in [0.717, 1.165) is 12.3 Å². The van der Waals surface area contributed by atoms with Crippen molar-refractivity contribution in [2.75, 3.05) is 0 Å². The van der Waals surface area contributed by atoms with Crippen LogP contribution in [0.4, 0.5) is 26.3 Å². The molecule has 0 unspecified atom stereocenters. The molecule has 0 aliphatic rings. The minimum atomic E-state index is -4.74. The average Bonchev–Trinajstić information content (AvgIpc) is 3.30. The first kappa shape index (κ1) is 20.3. The Morgan fingerprint density at radius 1 is 1.17 bits per heavy atom. The minimum absolute atomic E-state index is 0.0239. The Morgan fingerprint density at radius 2 is 1.90 bits per heavy atom. The average molecular weight is 420 g/mol. The van der Waals surface area contributed by atoms with Crippen molar-refractivity contribution in [2.45, 2.75) is 25.3 Å². The molecule has 0 saturated carbocycles. The van der Waals surface area contributed by atoms with Crippen LogP contribution in [-0.2, 0) is 12.4 Å². The monoisotopic (exact) mass is 420 g/mol. The van der Waals surface area contributed by atoms with Crippen LogP contribution in [0, 0.1) is 0 Å². The summed E-state index contributed by atoms with van der Waals surface area (Å²) in [5.41, 5.74) is -1.63. The Labute approximate surface area is 157 Å². The van der Waals surface area contributed by atoms with Crippen LogP contribution in [-0.4, -0.2) is 31.0 Å². The maximum absolute atomic E-state index is 12.7. The number of nitrogens with zero attached hydrogens (tertiary/aromatic N) is 4. The number of H-pyrrole nitrogens is 1. The molecule has 0 radical (unpaired) electrons. The number of carbonyl (C=O) groups is 1. The summed E-state index contributed by atoms with van der Waals surface area (Å²) in [6, 6.07) is 1.00. The molecule has 29 heavy (non-hydrogen) atoms. The van der Waals surface area contributed by atoms with Crippen molar-refractivity contribution in [1.29, 1.82) is 0 Å². The predicted molar refractivity (Wildman–Crippen MR) is 82.0 cm³/mol. The van der Waals surface area contributed by atoms with E-state index < -0.39 is 41.5 Å². The molecule has 0 aliphatic heterocycles. The number of aromatic nitrogens is 5. The Hall–Kier alpha value is -3.45. The number of aromatic amines is 1. The van der Waals surface area contributed by atoms with Gasteiger partial charge in [0.2, 0.25) is 17.5 Å². The zero-order valence-corrected chi connectivity index (χ0v) is 14.3. The van der Waals surface area contributed by atoms with Gasteiger partial charge < -0.3 is 14.8 Å². The van der Waals surface area contributed by atoms with Gasteiger partial charge in [-0.05, 0) is 19.1 Å². The fraction of sp³-hybridized carbons (Fsp3) is 0.267. The fourth-order valence-electron chi connectivity index (χ4n) is 2.17. The van der Waals surface area contributed by atoms with Gasteiger partial charge in [0, 0.05) is 11.8 Å². The highest BCUT2D eigenvalue weighted by Crippen LogP contribution is 2.30. The molecule has 1 atom stereocenters. The lowest BCUT2D eigenvalue weighted by Gasteiger charge is -2.08. The van der Waals surface area contributed by atoms with Crippen LogP contribution in [0.2, 0.25) is 0 Å². The molecule has 0 bridgehead atoms. The van der Waals surface area contributed by atoms with Crippen LogP contribution < -0.4 is 5.32 Å². The van der Waals surface area contributed by atoms with E-state index in [9.17, 15) is 31.1 Å². The third-order valence-corrected chi connectivity index (χ3v) is 3.56. The lowest BCUT2D eigenvalue weighted by molar-refractivity contribution is -0.144. The quantitative estimate of drug-likeness (QED) is 0.627. The SMILES string of the molecule is C[C@H](NC(=O)c1cnc(C(F)(F)F)[nH]1)c1nc(-c2ccnc(C(F)(F)F)c2)no1. The molecule has 3 aromatic heterocycles. The van der Waals surface area contributed by atoms with Gasteiger partial charge in [-0.3, -0.25) is 9.78 Å².